The fourth-order valence-electron chi connectivity index (χ4n) is 3.14. The molecule has 0 aliphatic carbocycles. The Morgan fingerprint density at radius 3 is 3.00 bits per heavy atom. The van der Waals surface area contributed by atoms with Crippen LogP contribution in [-0.2, 0) is 11.8 Å². The number of nitrogens with one attached hydrogen (secondary N) is 1. The summed E-state index contributed by atoms with van der Waals surface area (Å²) >= 11 is 0. The smallest absolute Gasteiger partial charge is 0.126 e. The van der Waals surface area contributed by atoms with Crippen LogP contribution in [0.3, 0.4) is 0 Å². The molecular weight excluding hydrogens is 262 g/mol. The maximum atomic E-state index is 5.78. The minimum absolute atomic E-state index is 0.256. The van der Waals surface area contributed by atoms with Gasteiger partial charge in [0.05, 0.1) is 23.2 Å². The Morgan fingerprint density at radius 2 is 2.24 bits per heavy atom. The lowest BCUT2D eigenvalue weighted by Crippen LogP contribution is -2.28. The highest BCUT2D eigenvalue weighted by Gasteiger charge is 2.16. The predicted octanol–water partition coefficient (Wildman–Crippen LogP) is 3.18. The number of aryl methyl sites for hydroxylation is 1. The monoisotopic (exact) mass is 287 g/mol. The van der Waals surface area contributed by atoms with Crippen molar-refractivity contribution < 1.29 is 4.74 Å². The SMILES string of the molecule is CC(NCCC1CCCCO1)c1nc2ccccc2n1C. The molecule has 4 heteroatoms. The van der Waals surface area contributed by atoms with Crippen LogP contribution in [0, 0.1) is 0 Å². The number of nitrogens with zero attached hydrogens (tertiary/aromatic N) is 2. The number of imidazole rings is 1. The van der Waals surface area contributed by atoms with Crippen LogP contribution in [0.2, 0.25) is 0 Å². The van der Waals surface area contributed by atoms with E-state index in [4.69, 9.17) is 9.72 Å². The molecule has 2 heterocycles. The van der Waals surface area contributed by atoms with Gasteiger partial charge in [-0.1, -0.05) is 12.1 Å². The van der Waals surface area contributed by atoms with Crippen molar-refractivity contribution in [1.82, 2.24) is 14.9 Å². The molecule has 0 spiro atoms. The minimum atomic E-state index is 0.256. The van der Waals surface area contributed by atoms with Crippen molar-refractivity contribution in [2.45, 2.75) is 44.8 Å². The van der Waals surface area contributed by atoms with Crippen LogP contribution < -0.4 is 5.32 Å². The van der Waals surface area contributed by atoms with E-state index < -0.39 is 0 Å². The summed E-state index contributed by atoms with van der Waals surface area (Å²) in [5.41, 5.74) is 2.26. The van der Waals surface area contributed by atoms with Crippen molar-refractivity contribution in [1.29, 1.82) is 0 Å². The van der Waals surface area contributed by atoms with Gasteiger partial charge in [0.2, 0.25) is 0 Å². The van der Waals surface area contributed by atoms with Gasteiger partial charge in [0, 0.05) is 13.7 Å². The normalized spacial score (nSPS) is 20.8. The second-order valence-corrected chi connectivity index (χ2v) is 5.97. The summed E-state index contributed by atoms with van der Waals surface area (Å²) in [6.07, 6.45) is 5.28. The molecule has 2 unspecified atom stereocenters. The third kappa shape index (κ3) is 3.27. The molecule has 1 aromatic carbocycles. The van der Waals surface area contributed by atoms with Crippen molar-refractivity contribution in [2.75, 3.05) is 13.2 Å². The summed E-state index contributed by atoms with van der Waals surface area (Å²) in [6, 6.07) is 8.55. The molecule has 0 bridgehead atoms. The van der Waals surface area contributed by atoms with Gasteiger partial charge in [-0.3, -0.25) is 0 Å². The molecule has 0 amide bonds. The van der Waals surface area contributed by atoms with Crippen LogP contribution in [0.5, 0.6) is 0 Å². The van der Waals surface area contributed by atoms with E-state index in [1.165, 1.54) is 24.8 Å². The van der Waals surface area contributed by atoms with Gasteiger partial charge in [0.25, 0.3) is 0 Å². The molecule has 1 aromatic heterocycles. The minimum Gasteiger partial charge on any atom is -0.378 e. The van der Waals surface area contributed by atoms with Gasteiger partial charge in [-0.2, -0.15) is 0 Å². The molecule has 2 aromatic rings. The molecule has 114 valence electrons. The van der Waals surface area contributed by atoms with Crippen LogP contribution in [0.25, 0.3) is 11.0 Å². The maximum absolute atomic E-state index is 5.78. The Hall–Kier alpha value is -1.39. The predicted molar refractivity (Wildman–Crippen MR) is 85.3 cm³/mol. The number of rotatable bonds is 5. The number of hydrogen-bond donors (Lipinski definition) is 1. The zero-order valence-electron chi connectivity index (χ0n) is 13.0. The van der Waals surface area contributed by atoms with Crippen LogP contribution >= 0.6 is 0 Å². The molecule has 1 fully saturated rings. The third-order valence-electron chi connectivity index (χ3n) is 4.40. The van der Waals surface area contributed by atoms with Crippen molar-refractivity contribution in [2.24, 2.45) is 7.05 Å². The van der Waals surface area contributed by atoms with Crippen molar-refractivity contribution >= 4 is 11.0 Å². The Bertz CT molecular complexity index is 587. The van der Waals surface area contributed by atoms with Crippen LogP contribution in [0.15, 0.2) is 24.3 Å². The Morgan fingerprint density at radius 1 is 1.38 bits per heavy atom. The van der Waals surface area contributed by atoms with Crippen LogP contribution in [0.1, 0.15) is 44.5 Å². The molecule has 1 saturated heterocycles. The summed E-state index contributed by atoms with van der Waals surface area (Å²) in [5, 5.41) is 3.58. The summed E-state index contributed by atoms with van der Waals surface area (Å²) in [5.74, 6) is 1.10. The fourth-order valence-corrected chi connectivity index (χ4v) is 3.14. The lowest BCUT2D eigenvalue weighted by Gasteiger charge is -2.23. The quantitative estimate of drug-likeness (QED) is 0.918. The first-order valence-corrected chi connectivity index (χ1v) is 8.02. The highest BCUT2D eigenvalue weighted by atomic mass is 16.5. The molecule has 1 aliphatic rings. The van der Waals surface area contributed by atoms with E-state index in [0.29, 0.717) is 6.10 Å². The molecule has 3 rings (SSSR count). The van der Waals surface area contributed by atoms with Crippen molar-refractivity contribution in [3.05, 3.63) is 30.1 Å². The van der Waals surface area contributed by atoms with Gasteiger partial charge < -0.3 is 14.6 Å². The zero-order chi connectivity index (χ0) is 14.7. The summed E-state index contributed by atoms with van der Waals surface area (Å²) < 4.78 is 7.96. The lowest BCUT2D eigenvalue weighted by atomic mass is 10.1. The molecule has 21 heavy (non-hydrogen) atoms. The zero-order valence-corrected chi connectivity index (χ0v) is 13.0. The summed E-state index contributed by atoms with van der Waals surface area (Å²) in [6.45, 7) is 4.10. The average Bonchev–Trinajstić information content (AvgIpc) is 2.86. The third-order valence-corrected chi connectivity index (χ3v) is 4.40. The van der Waals surface area contributed by atoms with E-state index in [0.717, 1.165) is 30.9 Å². The Balaban J connectivity index is 1.58. The molecule has 0 saturated carbocycles. The number of para-hydroxylation sites is 2. The lowest BCUT2D eigenvalue weighted by molar-refractivity contribution is 0.0112. The van der Waals surface area contributed by atoms with Crippen LogP contribution in [-0.4, -0.2) is 28.8 Å². The van der Waals surface area contributed by atoms with E-state index in [1.54, 1.807) is 0 Å². The van der Waals surface area contributed by atoms with Crippen molar-refractivity contribution in [3.8, 4) is 0 Å². The molecule has 0 radical (unpaired) electrons. The standard InChI is InChI=1S/C17H25N3O/c1-13(18-11-10-14-7-5-6-12-21-14)17-19-15-8-3-4-9-16(15)20(17)2/h3-4,8-9,13-14,18H,5-7,10-12H2,1-2H3. The highest BCUT2D eigenvalue weighted by Crippen LogP contribution is 2.20. The van der Waals surface area contributed by atoms with Gasteiger partial charge in [0.1, 0.15) is 5.82 Å². The van der Waals surface area contributed by atoms with E-state index >= 15 is 0 Å². The number of hydrogen-bond acceptors (Lipinski definition) is 3. The number of aromatic nitrogens is 2. The highest BCUT2D eigenvalue weighted by molar-refractivity contribution is 5.75. The molecule has 2 atom stereocenters. The average molecular weight is 287 g/mol. The Kier molecular flexibility index (Phi) is 4.56. The second kappa shape index (κ2) is 6.58. The van der Waals surface area contributed by atoms with E-state index in [1.807, 2.05) is 6.07 Å². The Labute approximate surface area is 126 Å². The molecule has 4 nitrogen and oxygen atoms in total. The first kappa shape index (κ1) is 14.5. The van der Waals surface area contributed by atoms with Gasteiger partial charge in [0.15, 0.2) is 0 Å². The van der Waals surface area contributed by atoms with E-state index in [9.17, 15) is 0 Å². The second-order valence-electron chi connectivity index (χ2n) is 5.97. The fraction of sp³-hybridized carbons (Fsp3) is 0.588. The van der Waals surface area contributed by atoms with E-state index in [-0.39, 0.29) is 6.04 Å². The molecule has 1 aliphatic heterocycles. The summed E-state index contributed by atoms with van der Waals surface area (Å²) in [4.78, 5) is 4.75. The first-order valence-electron chi connectivity index (χ1n) is 8.02. The van der Waals surface area contributed by atoms with Crippen molar-refractivity contribution in [3.63, 3.8) is 0 Å². The van der Waals surface area contributed by atoms with Gasteiger partial charge in [-0.25, -0.2) is 4.98 Å². The largest absolute Gasteiger partial charge is 0.378 e. The molecule has 1 N–H and O–H groups in total. The summed E-state index contributed by atoms with van der Waals surface area (Å²) in [7, 11) is 2.09. The van der Waals surface area contributed by atoms with Gasteiger partial charge >= 0.3 is 0 Å². The number of ether oxygens (including phenoxy) is 1. The van der Waals surface area contributed by atoms with Gasteiger partial charge in [-0.15, -0.1) is 0 Å². The first-order chi connectivity index (χ1) is 10.3. The number of fused-ring (bicyclic) bond motifs is 1. The molecular formula is C17H25N3O. The number of benzene rings is 1. The van der Waals surface area contributed by atoms with Gasteiger partial charge in [-0.05, 0) is 51.3 Å². The van der Waals surface area contributed by atoms with Crippen LogP contribution in [0.4, 0.5) is 0 Å². The topological polar surface area (TPSA) is 39.1 Å². The van der Waals surface area contributed by atoms with E-state index in [2.05, 4.69) is 42.1 Å². The maximum Gasteiger partial charge on any atom is 0.126 e.